The third-order valence-corrected chi connectivity index (χ3v) is 8.18. The van der Waals surface area contributed by atoms with E-state index in [0.717, 1.165) is 0 Å². The molecule has 0 aromatic heterocycles. The first-order valence-electron chi connectivity index (χ1n) is 18.2. The van der Waals surface area contributed by atoms with Crippen LogP contribution in [-0.4, -0.2) is 154 Å². The van der Waals surface area contributed by atoms with E-state index in [0.29, 0.717) is 0 Å². The second-order valence-electron chi connectivity index (χ2n) is 14.0. The van der Waals surface area contributed by atoms with Gasteiger partial charge in [-0.05, 0) is 31.6 Å². The normalized spacial score (nSPS) is 15.0. The number of amides is 8. The fourth-order valence-corrected chi connectivity index (χ4v) is 4.87. The number of carbonyl (C=O) groups is 10. The Morgan fingerprint density at radius 1 is 0.610 bits per heavy atom. The number of aliphatic hydroxyl groups excluding tert-OH is 2. The van der Waals surface area contributed by atoms with Gasteiger partial charge in [-0.15, -0.1) is 0 Å². The Kier molecular flexibility index (Phi) is 23.3. The van der Waals surface area contributed by atoms with Crippen molar-refractivity contribution in [1.82, 2.24) is 37.2 Å². The topological polar surface area (TPSA) is 452 Å². The molecule has 0 spiro atoms. The number of hydrogen-bond donors (Lipinski definition) is 15. The van der Waals surface area contributed by atoms with Crippen LogP contribution in [0.2, 0.25) is 0 Å². The van der Waals surface area contributed by atoms with Crippen molar-refractivity contribution in [1.29, 1.82) is 0 Å². The van der Waals surface area contributed by atoms with E-state index in [-0.39, 0.29) is 25.3 Å². The molecular weight excluding hydrogens is 788 g/mol. The third kappa shape index (κ3) is 20.2. The minimum atomic E-state index is -1.77. The molecule has 0 unspecified atom stereocenters. The van der Waals surface area contributed by atoms with Gasteiger partial charge in [0.1, 0.15) is 42.3 Å². The first-order valence-corrected chi connectivity index (χ1v) is 18.2. The number of aliphatic imine (C=N–C) groups is 1. The molecule has 0 heterocycles. The fourth-order valence-electron chi connectivity index (χ4n) is 4.87. The van der Waals surface area contributed by atoms with Gasteiger partial charge in [-0.2, -0.15) is 0 Å². The Bertz CT molecular complexity index is 1550. The predicted molar refractivity (Wildman–Crippen MR) is 205 cm³/mol. The zero-order chi connectivity index (χ0) is 45.7. The summed E-state index contributed by atoms with van der Waals surface area (Å²) in [7, 11) is 0. The molecule has 0 aliphatic heterocycles. The number of primary amides is 1. The summed E-state index contributed by atoms with van der Waals surface area (Å²) in [5, 5.41) is 53.9. The summed E-state index contributed by atoms with van der Waals surface area (Å²) in [6.07, 6.45) is -3.15. The first-order chi connectivity index (χ1) is 27.3. The van der Waals surface area contributed by atoms with Crippen molar-refractivity contribution >= 4 is 65.2 Å². The molecule has 0 aliphatic rings. The lowest BCUT2D eigenvalue weighted by Crippen LogP contribution is -2.61. The molecule has 0 aromatic rings. The molecule has 8 amide bonds. The van der Waals surface area contributed by atoms with Gasteiger partial charge in [0.15, 0.2) is 5.96 Å². The zero-order valence-electron chi connectivity index (χ0n) is 33.4. The van der Waals surface area contributed by atoms with Crippen LogP contribution in [0.1, 0.15) is 60.3 Å². The van der Waals surface area contributed by atoms with Gasteiger partial charge in [0.05, 0.1) is 32.1 Å². The molecule has 0 rings (SSSR count). The molecule has 8 atom stereocenters. The molecule has 0 aromatic carbocycles. The summed E-state index contributed by atoms with van der Waals surface area (Å²) in [6, 6.07) is -11.0. The Morgan fingerprint density at radius 3 is 1.56 bits per heavy atom. The highest BCUT2D eigenvalue weighted by Crippen LogP contribution is 2.08. The molecule has 0 saturated carbocycles. The molecule has 26 nitrogen and oxygen atoms in total. The highest BCUT2D eigenvalue weighted by atomic mass is 16.4. The summed E-state index contributed by atoms with van der Waals surface area (Å²) in [4.78, 5) is 129. The quantitative estimate of drug-likeness (QED) is 0.0207. The SMILES string of the molecule is CC(C)[C@H](NC(=O)[C@H](CO)NC(=O)[C@@H](NC(=O)[C@H](CCCN=C(N)N)NC(=O)[C@H](CC(=O)O)NC(=O)[C@@H](N)[C@@H](C)O)C(C)C)C(=O)NCC(=O)N[C@@H](CC(N)=O)C(=O)O. The van der Waals surface area contributed by atoms with Crippen LogP contribution in [0.15, 0.2) is 4.99 Å². The molecule has 0 bridgehead atoms. The van der Waals surface area contributed by atoms with Gasteiger partial charge in [0.25, 0.3) is 0 Å². The van der Waals surface area contributed by atoms with E-state index in [1.54, 1.807) is 0 Å². The number of aliphatic hydroxyl groups is 2. The molecule has 334 valence electrons. The van der Waals surface area contributed by atoms with Crippen LogP contribution in [0.4, 0.5) is 0 Å². The van der Waals surface area contributed by atoms with Crippen LogP contribution in [0, 0.1) is 11.8 Å². The van der Waals surface area contributed by atoms with E-state index in [9.17, 15) is 63.3 Å². The number of nitrogens with two attached hydrogens (primary N) is 4. The van der Waals surface area contributed by atoms with E-state index >= 15 is 0 Å². The maximum Gasteiger partial charge on any atom is 0.326 e. The standard InChI is InChI=1S/C33H58N12O14/c1-13(2)24(30(56)39-11-21(49)40-18(32(58)59)9-20(34)48)44-28(54)19(12-46)43-31(57)25(14(3)4)45-26(52)16(7-6-8-38-33(36)37)41-27(53)17(10-22(50)51)42-29(55)23(35)15(5)47/h13-19,23-25,46-47H,6-12,35H2,1-5H3,(H2,34,48)(H,39,56)(H,40,49)(H,41,53)(H,42,55)(H,43,57)(H,44,54)(H,45,52)(H,50,51)(H,58,59)(H4,36,37,38)/t15-,16+,17+,18+,19+,23+,24+,25+/m1/s1. The minimum Gasteiger partial charge on any atom is -0.481 e. The monoisotopic (exact) mass is 846 g/mol. The van der Waals surface area contributed by atoms with Crippen LogP contribution >= 0.6 is 0 Å². The Morgan fingerprint density at radius 2 is 1.10 bits per heavy atom. The maximum atomic E-state index is 13.6. The summed E-state index contributed by atoms with van der Waals surface area (Å²) >= 11 is 0. The third-order valence-electron chi connectivity index (χ3n) is 8.18. The van der Waals surface area contributed by atoms with Crippen LogP contribution in [-0.2, 0) is 47.9 Å². The molecule has 0 aliphatic carbocycles. The maximum absolute atomic E-state index is 13.6. The molecule has 0 fully saturated rings. The van der Waals surface area contributed by atoms with Crippen molar-refractivity contribution in [2.24, 2.45) is 39.8 Å². The lowest BCUT2D eigenvalue weighted by Gasteiger charge is -2.28. The minimum absolute atomic E-state index is 0.0212. The molecule has 19 N–H and O–H groups in total. The van der Waals surface area contributed by atoms with Crippen molar-refractivity contribution < 1.29 is 68.4 Å². The fraction of sp³-hybridized carbons (Fsp3) is 0.667. The van der Waals surface area contributed by atoms with Crippen LogP contribution in [0.3, 0.4) is 0 Å². The number of hydrogen-bond acceptors (Lipinski definition) is 14. The number of rotatable bonds is 27. The number of nitrogens with zero attached hydrogens (tertiary/aromatic N) is 1. The summed E-state index contributed by atoms with van der Waals surface area (Å²) < 4.78 is 0. The lowest BCUT2D eigenvalue weighted by molar-refractivity contribution is -0.143. The predicted octanol–water partition coefficient (Wildman–Crippen LogP) is -7.49. The summed E-state index contributed by atoms with van der Waals surface area (Å²) in [6.45, 7) is 5.46. The van der Waals surface area contributed by atoms with E-state index in [2.05, 4.69) is 36.9 Å². The average Bonchev–Trinajstić information content (AvgIpc) is 3.12. The number of carboxylic acid groups (broad SMARTS) is 2. The van der Waals surface area contributed by atoms with Gasteiger partial charge in [-0.25, -0.2) is 4.79 Å². The van der Waals surface area contributed by atoms with Crippen molar-refractivity contribution in [3.63, 3.8) is 0 Å². The Balaban J connectivity index is 6.06. The smallest absolute Gasteiger partial charge is 0.326 e. The van der Waals surface area contributed by atoms with Crippen molar-refractivity contribution in [2.75, 3.05) is 19.7 Å². The molecule has 59 heavy (non-hydrogen) atoms. The lowest BCUT2D eigenvalue weighted by atomic mass is 10.0. The summed E-state index contributed by atoms with van der Waals surface area (Å²) in [5.41, 5.74) is 21.3. The number of nitrogens with one attached hydrogen (secondary N) is 7. The van der Waals surface area contributed by atoms with Gasteiger partial charge < -0.3 is 80.6 Å². The average molecular weight is 847 g/mol. The van der Waals surface area contributed by atoms with Crippen molar-refractivity contribution in [3.05, 3.63) is 0 Å². The zero-order valence-corrected chi connectivity index (χ0v) is 33.4. The van der Waals surface area contributed by atoms with Gasteiger partial charge >= 0.3 is 11.9 Å². The molecule has 0 radical (unpaired) electrons. The number of carbonyl (C=O) groups excluding carboxylic acids is 8. The van der Waals surface area contributed by atoms with Crippen molar-refractivity contribution in [2.45, 2.75) is 109 Å². The second kappa shape index (κ2) is 26.0. The van der Waals surface area contributed by atoms with E-state index in [1.807, 2.05) is 5.32 Å². The highest BCUT2D eigenvalue weighted by Gasteiger charge is 2.35. The Labute approximate surface area is 338 Å². The van der Waals surface area contributed by atoms with Crippen LogP contribution in [0.5, 0.6) is 0 Å². The van der Waals surface area contributed by atoms with Gasteiger partial charge in [-0.3, -0.25) is 48.1 Å². The number of guanidine groups is 1. The van der Waals surface area contributed by atoms with E-state index in [1.165, 1.54) is 34.6 Å². The van der Waals surface area contributed by atoms with Crippen LogP contribution in [0.25, 0.3) is 0 Å². The Hall–Kier alpha value is -6.15. The highest BCUT2D eigenvalue weighted by molar-refractivity contribution is 5.98. The number of carboxylic acids is 2. The summed E-state index contributed by atoms with van der Waals surface area (Å²) in [5.74, 6) is -12.8. The van der Waals surface area contributed by atoms with Crippen molar-refractivity contribution in [3.8, 4) is 0 Å². The van der Waals surface area contributed by atoms with Gasteiger partial charge in [-0.1, -0.05) is 27.7 Å². The van der Waals surface area contributed by atoms with Gasteiger partial charge in [0, 0.05) is 6.54 Å². The van der Waals surface area contributed by atoms with E-state index in [4.69, 9.17) is 28.0 Å². The molecule has 26 heteroatoms. The van der Waals surface area contributed by atoms with Crippen LogP contribution < -0.4 is 60.2 Å². The second-order valence-corrected chi connectivity index (χ2v) is 14.0. The van der Waals surface area contributed by atoms with Gasteiger partial charge in [0.2, 0.25) is 47.3 Å². The largest absolute Gasteiger partial charge is 0.481 e. The first kappa shape index (κ1) is 52.8. The van der Waals surface area contributed by atoms with E-state index < -0.39 is 145 Å². The number of aliphatic carboxylic acids is 2. The molecular formula is C33H58N12O14. The molecule has 0 saturated heterocycles.